The fourth-order valence-electron chi connectivity index (χ4n) is 2.91. The van der Waals surface area contributed by atoms with Gasteiger partial charge in [-0.15, -0.1) is 0 Å². The fourth-order valence-corrected chi connectivity index (χ4v) is 4.36. The van der Waals surface area contributed by atoms with Crippen LogP contribution in [0, 0.1) is 0 Å². The monoisotopic (exact) mass is 305 g/mol. The molecule has 6 heteroatoms. The van der Waals surface area contributed by atoms with E-state index in [1.54, 1.807) is 37.4 Å². The molecule has 1 aromatic heterocycles. The first-order valence-corrected chi connectivity index (χ1v) is 8.57. The van der Waals surface area contributed by atoms with Crippen molar-refractivity contribution in [1.82, 2.24) is 9.29 Å². The second-order valence-electron chi connectivity index (χ2n) is 5.55. The van der Waals surface area contributed by atoms with Gasteiger partial charge in [0.1, 0.15) is 5.82 Å². The van der Waals surface area contributed by atoms with E-state index in [-0.39, 0.29) is 6.04 Å². The first kappa shape index (κ1) is 14.3. The summed E-state index contributed by atoms with van der Waals surface area (Å²) in [5.41, 5.74) is 6.35. The molecule has 112 valence electrons. The summed E-state index contributed by atoms with van der Waals surface area (Å²) < 4.78 is 26.9. The largest absolute Gasteiger partial charge is 0.384 e. The van der Waals surface area contributed by atoms with E-state index < -0.39 is 10.0 Å². The van der Waals surface area contributed by atoms with Crippen molar-refractivity contribution in [2.75, 3.05) is 12.8 Å². The number of nitrogen functional groups attached to an aromatic ring is 1. The molecule has 5 nitrogen and oxygen atoms in total. The molecule has 2 aromatic rings. The molecule has 1 heterocycles. The van der Waals surface area contributed by atoms with E-state index >= 15 is 0 Å². The van der Waals surface area contributed by atoms with Gasteiger partial charge in [-0.1, -0.05) is 12.8 Å². The lowest BCUT2D eigenvalue weighted by Gasteiger charge is -2.23. The second kappa shape index (κ2) is 5.27. The van der Waals surface area contributed by atoms with E-state index in [0.717, 1.165) is 31.1 Å². The predicted octanol–water partition coefficient (Wildman–Crippen LogP) is 2.38. The highest BCUT2D eigenvalue weighted by atomic mass is 32.2. The SMILES string of the molecule is CN(C1CCCC1)S(=O)(=O)c1ccc2nc(N)ccc2c1. The van der Waals surface area contributed by atoms with E-state index in [4.69, 9.17) is 5.73 Å². The molecule has 1 aromatic carbocycles. The number of benzene rings is 1. The average molecular weight is 305 g/mol. The summed E-state index contributed by atoms with van der Waals surface area (Å²) in [6, 6.07) is 8.58. The van der Waals surface area contributed by atoms with Crippen molar-refractivity contribution in [3.63, 3.8) is 0 Å². The average Bonchev–Trinajstić information content (AvgIpc) is 2.99. The number of nitrogens with zero attached hydrogens (tertiary/aromatic N) is 2. The maximum Gasteiger partial charge on any atom is 0.243 e. The van der Waals surface area contributed by atoms with Crippen LogP contribution in [0.4, 0.5) is 5.82 Å². The number of anilines is 1. The van der Waals surface area contributed by atoms with Crippen LogP contribution < -0.4 is 5.73 Å². The van der Waals surface area contributed by atoms with Gasteiger partial charge >= 0.3 is 0 Å². The predicted molar refractivity (Wildman–Crippen MR) is 83.4 cm³/mol. The Balaban J connectivity index is 2.00. The van der Waals surface area contributed by atoms with Gasteiger partial charge in [0.15, 0.2) is 0 Å². The van der Waals surface area contributed by atoms with Gasteiger partial charge in [-0.2, -0.15) is 4.31 Å². The third-order valence-corrected chi connectivity index (χ3v) is 6.10. The highest BCUT2D eigenvalue weighted by molar-refractivity contribution is 7.89. The topological polar surface area (TPSA) is 76.3 Å². The smallest absolute Gasteiger partial charge is 0.243 e. The van der Waals surface area contributed by atoms with Crippen LogP contribution in [0.2, 0.25) is 0 Å². The third-order valence-electron chi connectivity index (χ3n) is 4.20. The van der Waals surface area contributed by atoms with Crippen molar-refractivity contribution in [1.29, 1.82) is 0 Å². The van der Waals surface area contributed by atoms with Crippen LogP contribution in [-0.2, 0) is 10.0 Å². The van der Waals surface area contributed by atoms with Crippen LogP contribution in [0.3, 0.4) is 0 Å². The van der Waals surface area contributed by atoms with E-state index in [1.807, 2.05) is 0 Å². The Hall–Kier alpha value is -1.66. The molecule has 1 fully saturated rings. The molecule has 0 aliphatic heterocycles. The summed E-state index contributed by atoms with van der Waals surface area (Å²) in [4.78, 5) is 4.51. The zero-order valence-electron chi connectivity index (χ0n) is 12.0. The van der Waals surface area contributed by atoms with Crippen molar-refractivity contribution >= 4 is 26.7 Å². The van der Waals surface area contributed by atoms with E-state index in [1.165, 1.54) is 4.31 Å². The lowest BCUT2D eigenvalue weighted by Crippen LogP contribution is -2.35. The number of hydrogen-bond acceptors (Lipinski definition) is 4. The minimum atomic E-state index is -3.45. The molecule has 0 bridgehead atoms. The van der Waals surface area contributed by atoms with Crippen LogP contribution >= 0.6 is 0 Å². The number of nitrogens with two attached hydrogens (primary N) is 1. The van der Waals surface area contributed by atoms with Gasteiger partial charge in [-0.3, -0.25) is 0 Å². The molecule has 0 radical (unpaired) electrons. The fraction of sp³-hybridized carbons (Fsp3) is 0.400. The minimum Gasteiger partial charge on any atom is -0.384 e. The quantitative estimate of drug-likeness (QED) is 0.944. The molecular formula is C15H19N3O2S. The lowest BCUT2D eigenvalue weighted by molar-refractivity contribution is 0.373. The maximum atomic E-state index is 12.7. The van der Waals surface area contributed by atoms with Gasteiger partial charge < -0.3 is 5.73 Å². The van der Waals surface area contributed by atoms with E-state index in [0.29, 0.717) is 16.2 Å². The van der Waals surface area contributed by atoms with Gasteiger partial charge in [-0.25, -0.2) is 13.4 Å². The summed E-state index contributed by atoms with van der Waals surface area (Å²) in [6.45, 7) is 0. The van der Waals surface area contributed by atoms with Crippen LogP contribution in [0.5, 0.6) is 0 Å². The third kappa shape index (κ3) is 2.61. The number of sulfonamides is 1. The molecule has 3 rings (SSSR count). The molecule has 1 saturated carbocycles. The van der Waals surface area contributed by atoms with Gasteiger partial charge in [0.2, 0.25) is 10.0 Å². The summed E-state index contributed by atoms with van der Waals surface area (Å²) in [7, 11) is -1.77. The van der Waals surface area contributed by atoms with Crippen molar-refractivity contribution in [3.05, 3.63) is 30.3 Å². The molecule has 0 spiro atoms. The Bertz CT molecular complexity index is 768. The Morgan fingerprint density at radius 1 is 1.19 bits per heavy atom. The Labute approximate surface area is 124 Å². The first-order valence-electron chi connectivity index (χ1n) is 7.13. The molecule has 0 atom stereocenters. The highest BCUT2D eigenvalue weighted by Gasteiger charge is 2.30. The number of aromatic nitrogens is 1. The number of fused-ring (bicyclic) bond motifs is 1. The molecule has 2 N–H and O–H groups in total. The number of rotatable bonds is 3. The highest BCUT2D eigenvalue weighted by Crippen LogP contribution is 2.28. The molecule has 0 saturated heterocycles. The van der Waals surface area contributed by atoms with Crippen molar-refractivity contribution in [2.45, 2.75) is 36.6 Å². The number of pyridine rings is 1. The molecular weight excluding hydrogens is 286 g/mol. The standard InChI is InChI=1S/C15H19N3O2S/c1-18(12-4-2-3-5-12)21(19,20)13-7-8-14-11(10-13)6-9-15(16)17-14/h6-10,12H,2-5H2,1H3,(H2,16,17). The van der Waals surface area contributed by atoms with Crippen LogP contribution in [-0.4, -0.2) is 30.8 Å². The first-order chi connectivity index (χ1) is 9.98. The molecule has 0 amide bonds. The van der Waals surface area contributed by atoms with Gasteiger partial charge in [0, 0.05) is 18.5 Å². The maximum absolute atomic E-state index is 12.7. The Morgan fingerprint density at radius 2 is 1.90 bits per heavy atom. The summed E-state index contributed by atoms with van der Waals surface area (Å²) >= 11 is 0. The minimum absolute atomic E-state index is 0.121. The van der Waals surface area contributed by atoms with Gasteiger partial charge in [0.25, 0.3) is 0 Å². The van der Waals surface area contributed by atoms with Crippen molar-refractivity contribution in [3.8, 4) is 0 Å². The molecule has 1 aliphatic rings. The van der Waals surface area contributed by atoms with Crippen LogP contribution in [0.1, 0.15) is 25.7 Å². The lowest BCUT2D eigenvalue weighted by atomic mass is 10.2. The van der Waals surface area contributed by atoms with Crippen molar-refractivity contribution in [2.24, 2.45) is 0 Å². The Kier molecular flexibility index (Phi) is 3.59. The van der Waals surface area contributed by atoms with E-state index in [9.17, 15) is 8.42 Å². The normalized spacial score (nSPS) is 16.9. The molecule has 21 heavy (non-hydrogen) atoms. The van der Waals surface area contributed by atoms with Crippen LogP contribution in [0.25, 0.3) is 10.9 Å². The summed E-state index contributed by atoms with van der Waals surface area (Å²) in [5, 5.41) is 0.782. The van der Waals surface area contributed by atoms with E-state index in [2.05, 4.69) is 4.98 Å². The Morgan fingerprint density at radius 3 is 2.62 bits per heavy atom. The molecule has 0 unspecified atom stereocenters. The zero-order valence-corrected chi connectivity index (χ0v) is 12.8. The zero-order chi connectivity index (χ0) is 15.0. The summed E-state index contributed by atoms with van der Waals surface area (Å²) in [5.74, 6) is 0.432. The second-order valence-corrected chi connectivity index (χ2v) is 7.55. The van der Waals surface area contributed by atoms with Gasteiger partial charge in [-0.05, 0) is 43.2 Å². The van der Waals surface area contributed by atoms with Gasteiger partial charge in [0.05, 0.1) is 10.4 Å². The number of hydrogen-bond donors (Lipinski definition) is 1. The summed E-state index contributed by atoms with van der Waals surface area (Å²) in [6.07, 6.45) is 4.10. The van der Waals surface area contributed by atoms with Crippen LogP contribution in [0.15, 0.2) is 35.2 Å². The molecule has 1 aliphatic carbocycles. The van der Waals surface area contributed by atoms with Crippen molar-refractivity contribution < 1.29 is 8.42 Å².